The minimum Gasteiger partial charge on any atom is -0.482 e. The molecule has 17 heavy (non-hydrogen) atoms. The molecule has 0 bridgehead atoms. The lowest BCUT2D eigenvalue weighted by atomic mass is 10.2. The highest BCUT2D eigenvalue weighted by Gasteiger charge is 2.03. The SMILES string of the molecule is COC(=O)COc1ccc2ccc(C)nc2c1. The molecular formula is C13H13NO3. The summed E-state index contributed by atoms with van der Waals surface area (Å²) in [6.45, 7) is 1.84. The Bertz CT molecular complexity index is 551. The first-order valence-electron chi connectivity index (χ1n) is 5.26. The predicted octanol–water partition coefficient (Wildman–Crippen LogP) is 2.10. The van der Waals surface area contributed by atoms with E-state index in [0.29, 0.717) is 5.75 Å². The molecule has 0 aliphatic carbocycles. The van der Waals surface area contributed by atoms with Gasteiger partial charge in [-0.25, -0.2) is 4.79 Å². The van der Waals surface area contributed by atoms with Crippen LogP contribution in [0.25, 0.3) is 10.9 Å². The monoisotopic (exact) mass is 231 g/mol. The fraction of sp³-hybridized carbons (Fsp3) is 0.231. The second-order valence-electron chi connectivity index (χ2n) is 3.67. The number of methoxy groups -OCH3 is 1. The van der Waals surface area contributed by atoms with Crippen LogP contribution in [0.5, 0.6) is 5.75 Å². The number of ether oxygens (including phenoxy) is 2. The maximum absolute atomic E-state index is 10.9. The maximum atomic E-state index is 10.9. The van der Waals surface area contributed by atoms with Gasteiger partial charge >= 0.3 is 5.97 Å². The fourth-order valence-electron chi connectivity index (χ4n) is 1.49. The van der Waals surface area contributed by atoms with Crippen molar-refractivity contribution in [3.63, 3.8) is 0 Å². The average molecular weight is 231 g/mol. The first kappa shape index (κ1) is 11.4. The Labute approximate surface area is 99.2 Å². The van der Waals surface area contributed by atoms with E-state index in [4.69, 9.17) is 4.74 Å². The van der Waals surface area contributed by atoms with Crippen molar-refractivity contribution in [3.8, 4) is 5.75 Å². The van der Waals surface area contributed by atoms with Gasteiger partial charge in [-0.1, -0.05) is 6.07 Å². The van der Waals surface area contributed by atoms with E-state index < -0.39 is 5.97 Å². The van der Waals surface area contributed by atoms with E-state index in [1.807, 2.05) is 37.3 Å². The molecule has 0 saturated heterocycles. The van der Waals surface area contributed by atoms with Gasteiger partial charge in [-0.2, -0.15) is 0 Å². The third-order valence-corrected chi connectivity index (χ3v) is 2.39. The Hall–Kier alpha value is -2.10. The lowest BCUT2D eigenvalue weighted by Gasteiger charge is -2.06. The number of rotatable bonds is 3. The Balaban J connectivity index is 2.22. The van der Waals surface area contributed by atoms with Crippen molar-refractivity contribution in [2.24, 2.45) is 0 Å². The van der Waals surface area contributed by atoms with Gasteiger partial charge in [0, 0.05) is 17.1 Å². The Morgan fingerprint density at radius 1 is 1.29 bits per heavy atom. The van der Waals surface area contributed by atoms with Gasteiger partial charge in [-0.15, -0.1) is 0 Å². The second-order valence-corrected chi connectivity index (χ2v) is 3.67. The summed E-state index contributed by atoms with van der Waals surface area (Å²) in [5.74, 6) is 0.211. The third kappa shape index (κ3) is 2.72. The van der Waals surface area contributed by atoms with Crippen LogP contribution in [0.15, 0.2) is 30.3 Å². The molecule has 0 N–H and O–H groups in total. The van der Waals surface area contributed by atoms with Gasteiger partial charge in [0.05, 0.1) is 12.6 Å². The van der Waals surface area contributed by atoms with Crippen molar-refractivity contribution in [2.45, 2.75) is 6.92 Å². The lowest BCUT2D eigenvalue weighted by molar-refractivity contribution is -0.142. The summed E-state index contributed by atoms with van der Waals surface area (Å²) in [5.41, 5.74) is 1.80. The van der Waals surface area contributed by atoms with E-state index in [2.05, 4.69) is 9.72 Å². The van der Waals surface area contributed by atoms with Gasteiger partial charge in [0.1, 0.15) is 5.75 Å². The minimum absolute atomic E-state index is 0.0895. The molecule has 0 spiro atoms. The lowest BCUT2D eigenvalue weighted by Crippen LogP contribution is -2.12. The zero-order valence-corrected chi connectivity index (χ0v) is 9.77. The number of carbonyl (C=O) groups is 1. The molecule has 0 aliphatic heterocycles. The van der Waals surface area contributed by atoms with Crippen molar-refractivity contribution in [1.29, 1.82) is 0 Å². The van der Waals surface area contributed by atoms with Crippen LogP contribution in [0.2, 0.25) is 0 Å². The molecular weight excluding hydrogens is 218 g/mol. The first-order valence-corrected chi connectivity index (χ1v) is 5.26. The van der Waals surface area contributed by atoms with E-state index >= 15 is 0 Å². The summed E-state index contributed by atoms with van der Waals surface area (Å²) in [6, 6.07) is 9.49. The van der Waals surface area contributed by atoms with Crippen LogP contribution in [0, 0.1) is 6.92 Å². The van der Waals surface area contributed by atoms with E-state index in [-0.39, 0.29) is 6.61 Å². The van der Waals surface area contributed by atoms with Gasteiger partial charge < -0.3 is 9.47 Å². The van der Waals surface area contributed by atoms with Crippen molar-refractivity contribution in [2.75, 3.05) is 13.7 Å². The number of benzene rings is 1. The van der Waals surface area contributed by atoms with E-state index in [1.54, 1.807) is 0 Å². The molecule has 2 aromatic rings. The molecule has 1 aromatic carbocycles. The zero-order chi connectivity index (χ0) is 12.3. The smallest absolute Gasteiger partial charge is 0.343 e. The number of aryl methyl sites for hydroxylation is 1. The van der Waals surface area contributed by atoms with Crippen molar-refractivity contribution in [1.82, 2.24) is 4.98 Å². The normalized spacial score (nSPS) is 10.2. The molecule has 0 atom stereocenters. The molecule has 88 valence electrons. The van der Waals surface area contributed by atoms with Gasteiger partial charge in [-0.3, -0.25) is 4.98 Å². The zero-order valence-electron chi connectivity index (χ0n) is 9.77. The van der Waals surface area contributed by atoms with E-state index in [1.165, 1.54) is 7.11 Å². The average Bonchev–Trinajstić information content (AvgIpc) is 2.35. The maximum Gasteiger partial charge on any atom is 0.343 e. The van der Waals surface area contributed by atoms with Gasteiger partial charge in [-0.05, 0) is 25.1 Å². The molecule has 4 heteroatoms. The fourth-order valence-corrected chi connectivity index (χ4v) is 1.49. The van der Waals surface area contributed by atoms with Crippen molar-refractivity contribution < 1.29 is 14.3 Å². The van der Waals surface area contributed by atoms with Crippen LogP contribution >= 0.6 is 0 Å². The van der Waals surface area contributed by atoms with Crippen LogP contribution in [0.4, 0.5) is 0 Å². The number of carbonyl (C=O) groups excluding carboxylic acids is 1. The number of hydrogen-bond donors (Lipinski definition) is 0. The van der Waals surface area contributed by atoms with Crippen LogP contribution in [0.1, 0.15) is 5.69 Å². The first-order chi connectivity index (χ1) is 8.19. The van der Waals surface area contributed by atoms with Crippen LogP contribution in [-0.4, -0.2) is 24.7 Å². The summed E-state index contributed by atoms with van der Waals surface area (Å²) < 4.78 is 9.79. The highest BCUT2D eigenvalue weighted by Crippen LogP contribution is 2.19. The van der Waals surface area contributed by atoms with E-state index in [0.717, 1.165) is 16.6 Å². The number of aromatic nitrogens is 1. The van der Waals surface area contributed by atoms with Crippen LogP contribution in [-0.2, 0) is 9.53 Å². The standard InChI is InChI=1S/C13H13NO3/c1-9-3-4-10-5-6-11(7-12(10)14-9)17-8-13(15)16-2/h3-7H,8H2,1-2H3. The summed E-state index contributed by atoms with van der Waals surface area (Å²) in [5, 5.41) is 1.04. The Kier molecular flexibility index (Phi) is 3.23. The summed E-state index contributed by atoms with van der Waals surface area (Å²) in [4.78, 5) is 15.3. The molecule has 1 heterocycles. The molecule has 0 amide bonds. The van der Waals surface area contributed by atoms with Gasteiger partial charge in [0.25, 0.3) is 0 Å². The molecule has 0 saturated carbocycles. The quantitative estimate of drug-likeness (QED) is 0.759. The molecule has 0 aliphatic rings. The van der Waals surface area contributed by atoms with E-state index in [9.17, 15) is 4.79 Å². The number of esters is 1. The molecule has 1 aromatic heterocycles. The molecule has 2 rings (SSSR count). The summed E-state index contributed by atoms with van der Waals surface area (Å²) >= 11 is 0. The number of nitrogens with zero attached hydrogens (tertiary/aromatic N) is 1. The van der Waals surface area contributed by atoms with Crippen molar-refractivity contribution in [3.05, 3.63) is 36.0 Å². The molecule has 0 radical (unpaired) electrons. The van der Waals surface area contributed by atoms with Gasteiger partial charge in [0.2, 0.25) is 0 Å². The minimum atomic E-state index is -0.401. The number of pyridine rings is 1. The van der Waals surface area contributed by atoms with Crippen LogP contribution in [0.3, 0.4) is 0 Å². The highest BCUT2D eigenvalue weighted by molar-refractivity contribution is 5.80. The molecule has 0 fully saturated rings. The number of hydrogen-bond acceptors (Lipinski definition) is 4. The van der Waals surface area contributed by atoms with Crippen LogP contribution < -0.4 is 4.74 Å². The third-order valence-electron chi connectivity index (χ3n) is 2.39. The summed E-state index contributed by atoms with van der Waals surface area (Å²) in [6.07, 6.45) is 0. The predicted molar refractivity (Wildman–Crippen MR) is 64.0 cm³/mol. The highest BCUT2D eigenvalue weighted by atomic mass is 16.6. The Morgan fingerprint density at radius 3 is 2.82 bits per heavy atom. The second kappa shape index (κ2) is 4.82. The largest absolute Gasteiger partial charge is 0.482 e. The van der Waals surface area contributed by atoms with Gasteiger partial charge in [0.15, 0.2) is 6.61 Å². The number of fused-ring (bicyclic) bond motifs is 1. The molecule has 4 nitrogen and oxygen atoms in total. The molecule has 0 unspecified atom stereocenters. The van der Waals surface area contributed by atoms with Crippen molar-refractivity contribution >= 4 is 16.9 Å². The Morgan fingerprint density at radius 2 is 2.06 bits per heavy atom. The summed E-state index contributed by atoms with van der Waals surface area (Å²) in [7, 11) is 1.33. The topological polar surface area (TPSA) is 48.4 Å².